The second-order valence-electron chi connectivity index (χ2n) is 5.72. The van der Waals surface area contributed by atoms with Crippen LogP contribution in [0.5, 0.6) is 0 Å². The topological polar surface area (TPSA) is 90.7 Å². The van der Waals surface area contributed by atoms with Gasteiger partial charge in [-0.1, -0.05) is 0 Å². The molecule has 0 spiro atoms. The summed E-state index contributed by atoms with van der Waals surface area (Å²) in [6.07, 6.45) is -1.10. The zero-order valence-electron chi connectivity index (χ0n) is 13.5. The fraction of sp³-hybridized carbons (Fsp3) is 0.375. The Morgan fingerprint density at radius 1 is 1.24 bits per heavy atom. The SMILES string of the molecule is Cc1nc2nonc2c(N)c1Cc1ccc(Br)c(CCCC(F)F)n1. The molecule has 3 heterocycles. The summed E-state index contributed by atoms with van der Waals surface area (Å²) in [5, 5.41) is 7.48. The first-order valence-electron chi connectivity index (χ1n) is 7.75. The molecule has 0 aliphatic rings. The summed E-state index contributed by atoms with van der Waals surface area (Å²) in [6, 6.07) is 3.74. The van der Waals surface area contributed by atoms with Gasteiger partial charge in [-0.15, -0.1) is 0 Å². The maximum atomic E-state index is 12.3. The maximum Gasteiger partial charge on any atom is 0.238 e. The van der Waals surface area contributed by atoms with Gasteiger partial charge in [0.2, 0.25) is 12.1 Å². The molecular weight excluding hydrogens is 396 g/mol. The minimum Gasteiger partial charge on any atom is -0.396 e. The number of aryl methyl sites for hydroxylation is 2. The molecule has 0 aromatic carbocycles. The summed E-state index contributed by atoms with van der Waals surface area (Å²) in [5.41, 5.74) is 10.5. The van der Waals surface area contributed by atoms with Gasteiger partial charge in [0.25, 0.3) is 0 Å². The van der Waals surface area contributed by atoms with Crippen LogP contribution in [0, 0.1) is 6.92 Å². The van der Waals surface area contributed by atoms with Gasteiger partial charge in [-0.05, 0) is 58.1 Å². The largest absolute Gasteiger partial charge is 0.396 e. The van der Waals surface area contributed by atoms with Gasteiger partial charge in [0.05, 0.1) is 11.4 Å². The molecule has 25 heavy (non-hydrogen) atoms. The van der Waals surface area contributed by atoms with E-state index in [9.17, 15) is 8.78 Å². The minimum absolute atomic E-state index is 0.135. The Kier molecular flexibility index (Phi) is 5.22. The number of hydrogen-bond acceptors (Lipinski definition) is 6. The van der Waals surface area contributed by atoms with E-state index in [0.717, 1.165) is 27.1 Å². The third kappa shape index (κ3) is 3.92. The zero-order chi connectivity index (χ0) is 18.0. The molecule has 0 amide bonds. The smallest absolute Gasteiger partial charge is 0.238 e. The standard InChI is InChI=1S/C16H16BrF2N5O/c1-8-10(14(20)15-16(21-8)24-25-23-15)7-9-5-6-11(17)12(22-9)3-2-4-13(18)19/h5-6,13H,2-4,7,20H2,1H3. The third-order valence-corrected chi connectivity index (χ3v) is 4.65. The molecule has 2 N–H and O–H groups in total. The first kappa shape index (κ1) is 17.7. The second-order valence-corrected chi connectivity index (χ2v) is 6.57. The Morgan fingerprint density at radius 2 is 2.04 bits per heavy atom. The summed E-state index contributed by atoms with van der Waals surface area (Å²) < 4.78 is 30.1. The van der Waals surface area contributed by atoms with Crippen LogP contribution < -0.4 is 5.73 Å². The quantitative estimate of drug-likeness (QED) is 0.662. The van der Waals surface area contributed by atoms with E-state index < -0.39 is 6.43 Å². The van der Waals surface area contributed by atoms with Gasteiger partial charge in [0.15, 0.2) is 5.52 Å². The number of halogens is 3. The predicted molar refractivity (Wildman–Crippen MR) is 92.4 cm³/mol. The van der Waals surface area contributed by atoms with Crippen molar-refractivity contribution in [1.82, 2.24) is 20.3 Å². The lowest BCUT2D eigenvalue weighted by molar-refractivity contribution is 0.135. The van der Waals surface area contributed by atoms with Gasteiger partial charge in [-0.25, -0.2) is 18.4 Å². The number of pyridine rings is 2. The van der Waals surface area contributed by atoms with E-state index >= 15 is 0 Å². The fourth-order valence-electron chi connectivity index (χ4n) is 2.62. The van der Waals surface area contributed by atoms with Crippen LogP contribution in [0.2, 0.25) is 0 Å². The van der Waals surface area contributed by atoms with E-state index in [4.69, 9.17) is 5.73 Å². The molecular formula is C16H16BrF2N5O. The monoisotopic (exact) mass is 411 g/mol. The lowest BCUT2D eigenvalue weighted by Gasteiger charge is -2.10. The van der Waals surface area contributed by atoms with Crippen molar-refractivity contribution in [3.8, 4) is 0 Å². The molecule has 0 bridgehead atoms. The molecule has 3 aromatic rings. The fourth-order valence-corrected chi connectivity index (χ4v) is 3.04. The lowest BCUT2D eigenvalue weighted by Crippen LogP contribution is -2.05. The number of alkyl halides is 2. The van der Waals surface area contributed by atoms with E-state index in [1.54, 1.807) is 0 Å². The number of nitrogens with zero attached hydrogens (tertiary/aromatic N) is 4. The average molecular weight is 412 g/mol. The van der Waals surface area contributed by atoms with Gasteiger partial charge < -0.3 is 5.73 Å². The summed E-state index contributed by atoms with van der Waals surface area (Å²) in [6.45, 7) is 1.84. The number of anilines is 1. The van der Waals surface area contributed by atoms with Crippen molar-refractivity contribution in [3.05, 3.63) is 39.3 Å². The number of hydrogen-bond donors (Lipinski definition) is 1. The highest BCUT2D eigenvalue weighted by Crippen LogP contribution is 2.26. The van der Waals surface area contributed by atoms with Gasteiger partial charge in [0.1, 0.15) is 0 Å². The minimum atomic E-state index is -2.29. The van der Waals surface area contributed by atoms with Crippen LogP contribution in [0.3, 0.4) is 0 Å². The maximum absolute atomic E-state index is 12.3. The van der Waals surface area contributed by atoms with E-state index in [0.29, 0.717) is 36.1 Å². The van der Waals surface area contributed by atoms with E-state index in [1.165, 1.54) is 0 Å². The van der Waals surface area contributed by atoms with Crippen LogP contribution in [0.25, 0.3) is 11.2 Å². The summed E-state index contributed by atoms with van der Waals surface area (Å²) in [7, 11) is 0. The zero-order valence-corrected chi connectivity index (χ0v) is 15.1. The van der Waals surface area contributed by atoms with Gasteiger partial charge in [0, 0.05) is 34.3 Å². The first-order valence-corrected chi connectivity index (χ1v) is 8.54. The van der Waals surface area contributed by atoms with Gasteiger partial charge in [-0.3, -0.25) is 4.98 Å². The van der Waals surface area contributed by atoms with E-state index in [-0.39, 0.29) is 6.42 Å². The van der Waals surface area contributed by atoms with Crippen molar-refractivity contribution in [2.75, 3.05) is 5.73 Å². The Morgan fingerprint density at radius 3 is 2.80 bits per heavy atom. The van der Waals surface area contributed by atoms with Crippen molar-refractivity contribution in [2.45, 2.75) is 39.0 Å². The van der Waals surface area contributed by atoms with Gasteiger partial charge >= 0.3 is 0 Å². The van der Waals surface area contributed by atoms with Crippen LogP contribution in [0.4, 0.5) is 14.5 Å². The molecule has 0 unspecified atom stereocenters. The molecule has 0 saturated carbocycles. The Hall–Kier alpha value is -2.16. The molecule has 0 aliphatic heterocycles. The number of nitrogen functional groups attached to an aromatic ring is 1. The van der Waals surface area contributed by atoms with Crippen LogP contribution in [0.15, 0.2) is 21.2 Å². The highest BCUT2D eigenvalue weighted by molar-refractivity contribution is 9.10. The van der Waals surface area contributed by atoms with Crippen molar-refractivity contribution in [1.29, 1.82) is 0 Å². The van der Waals surface area contributed by atoms with E-state index in [1.807, 2.05) is 19.1 Å². The molecule has 9 heteroatoms. The van der Waals surface area contributed by atoms with Crippen LogP contribution in [0.1, 0.15) is 35.5 Å². The first-order chi connectivity index (χ1) is 12.0. The molecule has 3 rings (SSSR count). The number of fused-ring (bicyclic) bond motifs is 1. The van der Waals surface area contributed by atoms with E-state index in [2.05, 4.69) is 40.8 Å². The number of aromatic nitrogens is 4. The highest BCUT2D eigenvalue weighted by atomic mass is 79.9. The molecule has 0 saturated heterocycles. The molecule has 0 radical (unpaired) electrons. The summed E-state index contributed by atoms with van der Waals surface area (Å²) in [5.74, 6) is 0. The second kappa shape index (κ2) is 7.38. The molecule has 0 fully saturated rings. The van der Waals surface area contributed by atoms with Crippen LogP contribution in [-0.4, -0.2) is 26.7 Å². The Labute approximate surface area is 150 Å². The number of rotatable bonds is 6. The molecule has 0 aliphatic carbocycles. The average Bonchev–Trinajstić information content (AvgIpc) is 3.02. The molecule has 132 valence electrons. The van der Waals surface area contributed by atoms with Crippen molar-refractivity contribution in [3.63, 3.8) is 0 Å². The van der Waals surface area contributed by atoms with Crippen molar-refractivity contribution in [2.24, 2.45) is 0 Å². The van der Waals surface area contributed by atoms with Crippen LogP contribution in [-0.2, 0) is 12.8 Å². The summed E-state index contributed by atoms with van der Waals surface area (Å²) >= 11 is 3.42. The van der Waals surface area contributed by atoms with Crippen LogP contribution >= 0.6 is 15.9 Å². The Bertz CT molecular complexity index is 900. The van der Waals surface area contributed by atoms with Gasteiger partial charge in [-0.2, -0.15) is 0 Å². The highest BCUT2D eigenvalue weighted by Gasteiger charge is 2.16. The predicted octanol–water partition coefficient (Wildman–Crippen LogP) is 3.84. The van der Waals surface area contributed by atoms with Crippen molar-refractivity contribution >= 4 is 32.8 Å². The molecule has 6 nitrogen and oxygen atoms in total. The molecule has 0 atom stereocenters. The van der Waals surface area contributed by atoms with Crippen molar-refractivity contribution < 1.29 is 13.4 Å². The Balaban J connectivity index is 1.85. The summed E-state index contributed by atoms with van der Waals surface area (Å²) in [4.78, 5) is 8.91. The number of nitrogens with two attached hydrogens (primary N) is 1. The molecule has 3 aromatic heterocycles. The normalized spacial score (nSPS) is 11.6. The lowest BCUT2D eigenvalue weighted by atomic mass is 10.0. The third-order valence-electron chi connectivity index (χ3n) is 3.93.